The van der Waals surface area contributed by atoms with Crippen molar-refractivity contribution in [3.05, 3.63) is 30.0 Å². The summed E-state index contributed by atoms with van der Waals surface area (Å²) in [5, 5.41) is 0.936. The van der Waals surface area contributed by atoms with Gasteiger partial charge in [-0.1, -0.05) is 6.07 Å². The van der Waals surface area contributed by atoms with Crippen LogP contribution in [0.15, 0.2) is 24.4 Å². The first-order valence-corrected chi connectivity index (χ1v) is 6.39. The van der Waals surface area contributed by atoms with Crippen molar-refractivity contribution in [3.8, 4) is 5.75 Å². The molecule has 0 aliphatic carbocycles. The monoisotopic (exact) mass is 297 g/mol. The molecule has 1 aromatic carbocycles. The van der Waals surface area contributed by atoms with Gasteiger partial charge < -0.3 is 20.4 Å². The van der Waals surface area contributed by atoms with Gasteiger partial charge in [-0.15, -0.1) is 12.4 Å². The molecule has 0 spiro atoms. The Morgan fingerprint density at radius 2 is 2.20 bits per heavy atom. The number of H-pyrrole nitrogens is 1. The number of amides is 1. The highest BCUT2D eigenvalue weighted by Crippen LogP contribution is 2.29. The number of nitrogens with one attached hydrogen (secondary N) is 1. The molecule has 0 atom stereocenters. The van der Waals surface area contributed by atoms with Crippen LogP contribution in [0.4, 0.5) is 4.79 Å². The lowest BCUT2D eigenvalue weighted by molar-refractivity contribution is 0.166. The van der Waals surface area contributed by atoms with Crippen LogP contribution >= 0.6 is 12.4 Å². The topological polar surface area (TPSA) is 71.3 Å². The average molecular weight is 298 g/mol. The number of benzene rings is 1. The second kappa shape index (κ2) is 7.17. The van der Waals surface area contributed by atoms with E-state index in [-0.39, 0.29) is 18.5 Å². The van der Waals surface area contributed by atoms with E-state index in [2.05, 4.69) is 4.98 Å². The third-order valence-electron chi connectivity index (χ3n) is 3.15. The van der Waals surface area contributed by atoms with Crippen molar-refractivity contribution in [2.75, 3.05) is 20.1 Å². The molecule has 20 heavy (non-hydrogen) atoms. The zero-order chi connectivity index (χ0) is 13.8. The van der Waals surface area contributed by atoms with Gasteiger partial charge in [-0.3, -0.25) is 0 Å². The van der Waals surface area contributed by atoms with E-state index >= 15 is 0 Å². The number of hydrogen-bond donors (Lipinski definition) is 2. The van der Waals surface area contributed by atoms with Crippen LogP contribution in [0.3, 0.4) is 0 Å². The summed E-state index contributed by atoms with van der Waals surface area (Å²) in [6.07, 6.45) is 2.31. The molecule has 0 unspecified atom stereocenters. The van der Waals surface area contributed by atoms with Gasteiger partial charge in [0.25, 0.3) is 0 Å². The molecule has 0 saturated heterocycles. The summed E-state index contributed by atoms with van der Waals surface area (Å²) in [5.74, 6) is 0.576. The number of rotatable bonds is 4. The molecule has 2 aromatic rings. The van der Waals surface area contributed by atoms with Gasteiger partial charge >= 0.3 is 6.09 Å². The Bertz CT molecular complexity index is 583. The Morgan fingerprint density at radius 1 is 1.45 bits per heavy atom. The van der Waals surface area contributed by atoms with Crippen LogP contribution in [0.25, 0.3) is 10.9 Å². The number of hydrogen-bond acceptors (Lipinski definition) is 3. The number of carbonyl (C=O) groups is 1. The minimum Gasteiger partial charge on any atom is -0.409 e. The van der Waals surface area contributed by atoms with Gasteiger partial charge in [-0.05, 0) is 37.6 Å². The van der Waals surface area contributed by atoms with Crippen molar-refractivity contribution in [1.82, 2.24) is 9.88 Å². The van der Waals surface area contributed by atoms with E-state index in [1.807, 2.05) is 25.3 Å². The van der Waals surface area contributed by atoms with Crippen molar-refractivity contribution < 1.29 is 9.53 Å². The maximum atomic E-state index is 11.8. The van der Waals surface area contributed by atoms with Crippen LogP contribution in [0.1, 0.15) is 12.5 Å². The average Bonchev–Trinajstić information content (AvgIpc) is 2.82. The Morgan fingerprint density at radius 3 is 2.85 bits per heavy atom. The third-order valence-corrected chi connectivity index (χ3v) is 3.15. The van der Waals surface area contributed by atoms with E-state index in [1.165, 1.54) is 4.90 Å². The van der Waals surface area contributed by atoms with Gasteiger partial charge in [0.05, 0.1) is 0 Å². The maximum absolute atomic E-state index is 11.8. The lowest BCUT2D eigenvalue weighted by atomic mass is 10.1. The standard InChI is InChI=1S/C14H19N3O2.ClH/c1-3-17(2)14(18)19-12-6-4-5-11-13(12)10(7-8-15)9-16-11;/h4-6,9,16H,3,7-8,15H2,1-2H3;1H. The van der Waals surface area contributed by atoms with Crippen molar-refractivity contribution in [1.29, 1.82) is 0 Å². The van der Waals surface area contributed by atoms with Crippen molar-refractivity contribution >= 4 is 29.4 Å². The predicted octanol–water partition coefficient (Wildman–Crippen LogP) is 2.54. The van der Waals surface area contributed by atoms with Crippen LogP contribution in [-0.4, -0.2) is 36.1 Å². The fourth-order valence-electron chi connectivity index (χ4n) is 1.96. The van der Waals surface area contributed by atoms with Gasteiger partial charge in [0.2, 0.25) is 0 Å². The van der Waals surface area contributed by atoms with E-state index in [9.17, 15) is 4.79 Å². The zero-order valence-corrected chi connectivity index (χ0v) is 12.5. The summed E-state index contributed by atoms with van der Waals surface area (Å²) in [6, 6.07) is 5.62. The summed E-state index contributed by atoms with van der Waals surface area (Å²) in [7, 11) is 1.71. The number of carbonyl (C=O) groups excluding carboxylic acids is 1. The molecule has 0 aliphatic heterocycles. The van der Waals surface area contributed by atoms with Gasteiger partial charge in [-0.2, -0.15) is 0 Å². The molecular formula is C14H20ClN3O2. The highest BCUT2D eigenvalue weighted by atomic mass is 35.5. The first kappa shape index (κ1) is 16.3. The summed E-state index contributed by atoms with van der Waals surface area (Å²) in [4.78, 5) is 16.5. The molecule has 3 N–H and O–H groups in total. The molecule has 0 fully saturated rings. The Kier molecular flexibility index (Phi) is 5.85. The van der Waals surface area contributed by atoms with Gasteiger partial charge in [0.1, 0.15) is 5.75 Å². The summed E-state index contributed by atoms with van der Waals surface area (Å²) < 4.78 is 5.45. The largest absolute Gasteiger partial charge is 0.414 e. The van der Waals surface area contributed by atoms with Gasteiger partial charge in [-0.25, -0.2) is 4.79 Å². The van der Waals surface area contributed by atoms with Gasteiger partial charge in [0, 0.05) is 30.7 Å². The van der Waals surface area contributed by atoms with Crippen LogP contribution in [-0.2, 0) is 6.42 Å². The highest BCUT2D eigenvalue weighted by Gasteiger charge is 2.14. The molecule has 2 rings (SSSR count). The summed E-state index contributed by atoms with van der Waals surface area (Å²) in [6.45, 7) is 3.07. The molecular weight excluding hydrogens is 278 g/mol. The van der Waals surface area contributed by atoms with E-state index in [0.29, 0.717) is 18.8 Å². The van der Waals surface area contributed by atoms with Crippen molar-refractivity contribution in [3.63, 3.8) is 0 Å². The zero-order valence-electron chi connectivity index (χ0n) is 11.7. The SMILES string of the molecule is CCN(C)C(=O)Oc1cccc2[nH]cc(CCN)c12.Cl. The van der Waals surface area contributed by atoms with Crippen LogP contribution in [0, 0.1) is 0 Å². The molecule has 0 saturated carbocycles. The number of ether oxygens (including phenoxy) is 1. The lowest BCUT2D eigenvalue weighted by Gasteiger charge is -2.15. The first-order valence-electron chi connectivity index (χ1n) is 6.39. The smallest absolute Gasteiger partial charge is 0.409 e. The molecule has 1 amide bonds. The number of nitrogens with zero attached hydrogens (tertiary/aromatic N) is 1. The molecule has 1 aromatic heterocycles. The number of aromatic nitrogens is 1. The van der Waals surface area contributed by atoms with Gasteiger partial charge in [0.15, 0.2) is 0 Å². The van der Waals surface area contributed by atoms with E-state index in [0.717, 1.165) is 22.9 Å². The molecule has 5 nitrogen and oxygen atoms in total. The highest BCUT2D eigenvalue weighted by molar-refractivity contribution is 5.91. The molecule has 6 heteroatoms. The molecule has 0 bridgehead atoms. The minimum atomic E-state index is -0.352. The quantitative estimate of drug-likeness (QED) is 0.911. The van der Waals surface area contributed by atoms with E-state index < -0.39 is 0 Å². The predicted molar refractivity (Wildman–Crippen MR) is 82.6 cm³/mol. The Balaban J connectivity index is 0.00000200. The number of fused-ring (bicyclic) bond motifs is 1. The molecule has 110 valence electrons. The Labute approximate surface area is 124 Å². The summed E-state index contributed by atoms with van der Waals surface area (Å²) in [5.41, 5.74) is 7.62. The Hall–Kier alpha value is -1.72. The normalized spacial score (nSPS) is 10.2. The fourth-order valence-corrected chi connectivity index (χ4v) is 1.96. The lowest BCUT2D eigenvalue weighted by Crippen LogP contribution is -2.29. The van der Waals surface area contributed by atoms with Crippen LogP contribution < -0.4 is 10.5 Å². The molecule has 0 aliphatic rings. The number of aromatic amines is 1. The van der Waals surface area contributed by atoms with E-state index in [1.54, 1.807) is 13.1 Å². The molecule has 0 radical (unpaired) electrons. The fraction of sp³-hybridized carbons (Fsp3) is 0.357. The molecule has 1 heterocycles. The van der Waals surface area contributed by atoms with Crippen molar-refractivity contribution in [2.45, 2.75) is 13.3 Å². The van der Waals surface area contributed by atoms with E-state index in [4.69, 9.17) is 10.5 Å². The third kappa shape index (κ3) is 3.23. The van der Waals surface area contributed by atoms with Crippen LogP contribution in [0.2, 0.25) is 0 Å². The minimum absolute atomic E-state index is 0. The number of nitrogens with two attached hydrogens (primary N) is 1. The number of halogens is 1. The summed E-state index contributed by atoms with van der Waals surface area (Å²) >= 11 is 0. The van der Waals surface area contributed by atoms with Crippen LogP contribution in [0.5, 0.6) is 5.75 Å². The second-order valence-electron chi connectivity index (χ2n) is 4.41. The maximum Gasteiger partial charge on any atom is 0.414 e. The van der Waals surface area contributed by atoms with Crippen molar-refractivity contribution in [2.24, 2.45) is 5.73 Å². The first-order chi connectivity index (χ1) is 9.17. The second-order valence-corrected chi connectivity index (χ2v) is 4.41.